The highest BCUT2D eigenvalue weighted by Crippen LogP contribution is 2.17. The van der Waals surface area contributed by atoms with Gasteiger partial charge >= 0.3 is 0 Å². The molecule has 1 saturated heterocycles. The summed E-state index contributed by atoms with van der Waals surface area (Å²) in [5.41, 5.74) is 11.3. The number of nitrogen functional groups attached to an aromatic ring is 1. The zero-order valence-corrected chi connectivity index (χ0v) is 11.3. The molecule has 2 heterocycles. The van der Waals surface area contributed by atoms with Gasteiger partial charge in [-0.15, -0.1) is 0 Å². The van der Waals surface area contributed by atoms with Crippen LogP contribution >= 0.6 is 0 Å². The van der Waals surface area contributed by atoms with Crippen LogP contribution in [-0.2, 0) is 0 Å². The lowest BCUT2D eigenvalue weighted by Gasteiger charge is -2.36. The van der Waals surface area contributed by atoms with Gasteiger partial charge in [0.1, 0.15) is 5.69 Å². The largest absolute Gasteiger partial charge is 0.391 e. The molecule has 1 aliphatic rings. The first-order valence-electron chi connectivity index (χ1n) is 6.62. The predicted molar refractivity (Wildman–Crippen MR) is 76.1 cm³/mol. The second kappa shape index (κ2) is 6.03. The van der Waals surface area contributed by atoms with Crippen molar-refractivity contribution in [1.29, 1.82) is 0 Å². The molecule has 1 aromatic rings. The van der Waals surface area contributed by atoms with E-state index in [1.165, 1.54) is 6.33 Å². The fourth-order valence-corrected chi connectivity index (χ4v) is 2.31. The summed E-state index contributed by atoms with van der Waals surface area (Å²) in [4.78, 5) is 22.6. The Morgan fingerprint density at radius 1 is 1.42 bits per heavy atom. The Morgan fingerprint density at radius 2 is 2.11 bits per heavy atom. The van der Waals surface area contributed by atoms with E-state index < -0.39 is 0 Å². The van der Waals surface area contributed by atoms with Crippen LogP contribution in [0.15, 0.2) is 11.1 Å². The number of hydrogen-bond acceptors (Lipinski definition) is 6. The van der Waals surface area contributed by atoms with Crippen molar-refractivity contribution in [3.63, 3.8) is 0 Å². The van der Waals surface area contributed by atoms with Crippen LogP contribution in [0, 0.1) is 5.92 Å². The minimum absolute atomic E-state index is 0.200. The summed E-state index contributed by atoms with van der Waals surface area (Å²) in [7, 11) is 0. The number of piperazine rings is 1. The molecule has 1 atom stereocenters. The van der Waals surface area contributed by atoms with Crippen LogP contribution in [-0.4, -0.2) is 54.1 Å². The Kier molecular flexibility index (Phi) is 4.39. The molecule has 1 aromatic heterocycles. The van der Waals surface area contributed by atoms with Crippen LogP contribution in [0.4, 0.5) is 11.5 Å². The van der Waals surface area contributed by atoms with Crippen molar-refractivity contribution in [2.24, 2.45) is 11.7 Å². The van der Waals surface area contributed by atoms with Crippen LogP contribution in [0.2, 0.25) is 0 Å². The number of aromatic amines is 1. The second-order valence-corrected chi connectivity index (χ2v) is 5.10. The van der Waals surface area contributed by atoms with Crippen molar-refractivity contribution < 1.29 is 0 Å². The Balaban J connectivity index is 1.96. The number of aromatic nitrogens is 2. The van der Waals surface area contributed by atoms with Gasteiger partial charge in [-0.3, -0.25) is 9.69 Å². The zero-order chi connectivity index (χ0) is 13.8. The molecule has 0 saturated carbocycles. The van der Waals surface area contributed by atoms with Gasteiger partial charge in [0.25, 0.3) is 5.56 Å². The first-order valence-corrected chi connectivity index (χ1v) is 6.62. The molecule has 0 radical (unpaired) electrons. The smallest absolute Gasteiger partial charge is 0.276 e. The number of nitrogens with two attached hydrogens (primary N) is 2. The highest BCUT2D eigenvalue weighted by atomic mass is 16.1. The summed E-state index contributed by atoms with van der Waals surface area (Å²) < 4.78 is 0. The van der Waals surface area contributed by atoms with E-state index in [9.17, 15) is 4.79 Å². The molecular formula is C12H22N6O. The molecule has 0 bridgehead atoms. The van der Waals surface area contributed by atoms with Crippen LogP contribution < -0.4 is 21.9 Å². The van der Waals surface area contributed by atoms with Gasteiger partial charge in [-0.1, -0.05) is 6.92 Å². The van der Waals surface area contributed by atoms with Gasteiger partial charge in [0.15, 0.2) is 5.82 Å². The highest BCUT2D eigenvalue weighted by molar-refractivity contribution is 5.61. The fraction of sp³-hybridized carbons (Fsp3) is 0.667. The molecular weight excluding hydrogens is 244 g/mol. The van der Waals surface area contributed by atoms with E-state index in [-0.39, 0.29) is 11.2 Å². The average Bonchev–Trinajstić information content (AvgIpc) is 2.43. The van der Waals surface area contributed by atoms with Gasteiger partial charge in [0.2, 0.25) is 0 Å². The van der Waals surface area contributed by atoms with Crippen LogP contribution in [0.1, 0.15) is 6.92 Å². The van der Waals surface area contributed by atoms with E-state index in [2.05, 4.69) is 26.7 Å². The maximum absolute atomic E-state index is 11.5. The molecule has 7 heteroatoms. The van der Waals surface area contributed by atoms with E-state index in [4.69, 9.17) is 11.5 Å². The molecule has 5 N–H and O–H groups in total. The first-order chi connectivity index (χ1) is 9.11. The molecule has 7 nitrogen and oxygen atoms in total. The SMILES string of the molecule is CC(CN)CN1CCN(c2nc[nH]c(=O)c2N)CC1. The second-order valence-electron chi connectivity index (χ2n) is 5.10. The van der Waals surface area contributed by atoms with Crippen LogP contribution in [0.25, 0.3) is 0 Å². The normalized spacial score (nSPS) is 18.5. The molecule has 1 aliphatic heterocycles. The molecule has 19 heavy (non-hydrogen) atoms. The lowest BCUT2D eigenvalue weighted by molar-refractivity contribution is 0.227. The van der Waals surface area contributed by atoms with Crippen LogP contribution in [0.3, 0.4) is 0 Å². The molecule has 106 valence electrons. The Hall–Kier alpha value is -1.60. The van der Waals surface area contributed by atoms with E-state index in [0.29, 0.717) is 18.3 Å². The van der Waals surface area contributed by atoms with Crippen molar-refractivity contribution in [3.8, 4) is 0 Å². The lowest BCUT2D eigenvalue weighted by Crippen LogP contribution is -2.48. The third kappa shape index (κ3) is 3.24. The van der Waals surface area contributed by atoms with Gasteiger partial charge in [0.05, 0.1) is 6.33 Å². The lowest BCUT2D eigenvalue weighted by atomic mass is 10.1. The zero-order valence-electron chi connectivity index (χ0n) is 11.3. The molecule has 0 spiro atoms. The van der Waals surface area contributed by atoms with Crippen molar-refractivity contribution in [3.05, 3.63) is 16.7 Å². The standard InChI is InChI=1S/C12H22N6O/c1-9(6-13)7-17-2-4-18(5-3-17)11-10(14)12(19)16-8-15-11/h8-9H,2-7,13-14H2,1H3,(H,15,16,19). The quantitative estimate of drug-likeness (QED) is 0.650. The molecule has 1 unspecified atom stereocenters. The summed E-state index contributed by atoms with van der Waals surface area (Å²) >= 11 is 0. The predicted octanol–water partition coefficient (Wildman–Crippen LogP) is -0.931. The Labute approximate surface area is 112 Å². The van der Waals surface area contributed by atoms with Gasteiger partial charge in [-0.25, -0.2) is 4.98 Å². The number of anilines is 2. The number of nitrogens with zero attached hydrogens (tertiary/aromatic N) is 3. The van der Waals surface area contributed by atoms with Crippen LogP contribution in [0.5, 0.6) is 0 Å². The third-order valence-corrected chi connectivity index (χ3v) is 3.51. The molecule has 1 fully saturated rings. The molecule has 0 aromatic carbocycles. The number of hydrogen-bond donors (Lipinski definition) is 3. The Morgan fingerprint density at radius 3 is 2.74 bits per heavy atom. The van der Waals surface area contributed by atoms with Gasteiger partial charge < -0.3 is 21.4 Å². The molecule has 0 aliphatic carbocycles. The third-order valence-electron chi connectivity index (χ3n) is 3.51. The van der Waals surface area contributed by atoms with Crippen molar-refractivity contribution in [2.75, 3.05) is 49.9 Å². The number of nitrogens with one attached hydrogen (secondary N) is 1. The van der Waals surface area contributed by atoms with Crippen molar-refractivity contribution >= 4 is 11.5 Å². The molecule has 0 amide bonds. The summed E-state index contributed by atoms with van der Waals surface area (Å²) in [6.07, 6.45) is 1.40. The summed E-state index contributed by atoms with van der Waals surface area (Å²) in [5.74, 6) is 1.10. The number of H-pyrrole nitrogens is 1. The van der Waals surface area contributed by atoms with Crippen molar-refractivity contribution in [2.45, 2.75) is 6.92 Å². The summed E-state index contributed by atoms with van der Waals surface area (Å²) in [6.45, 7) is 7.43. The monoisotopic (exact) mass is 266 g/mol. The maximum atomic E-state index is 11.5. The topological polar surface area (TPSA) is 104 Å². The average molecular weight is 266 g/mol. The highest BCUT2D eigenvalue weighted by Gasteiger charge is 2.21. The van der Waals surface area contributed by atoms with Gasteiger partial charge in [-0.2, -0.15) is 0 Å². The summed E-state index contributed by atoms with van der Waals surface area (Å²) in [6, 6.07) is 0. The van der Waals surface area contributed by atoms with E-state index in [0.717, 1.165) is 32.7 Å². The minimum Gasteiger partial charge on any atom is -0.391 e. The summed E-state index contributed by atoms with van der Waals surface area (Å²) in [5, 5.41) is 0. The van der Waals surface area contributed by atoms with E-state index in [1.807, 2.05) is 0 Å². The number of rotatable bonds is 4. The molecule has 2 rings (SSSR count). The maximum Gasteiger partial charge on any atom is 0.276 e. The fourth-order valence-electron chi connectivity index (χ4n) is 2.31. The Bertz CT molecular complexity index is 466. The van der Waals surface area contributed by atoms with Gasteiger partial charge in [0, 0.05) is 32.7 Å². The van der Waals surface area contributed by atoms with E-state index >= 15 is 0 Å². The van der Waals surface area contributed by atoms with E-state index in [1.54, 1.807) is 0 Å². The first kappa shape index (κ1) is 13.8. The van der Waals surface area contributed by atoms with Gasteiger partial charge in [-0.05, 0) is 12.5 Å². The minimum atomic E-state index is -0.274. The van der Waals surface area contributed by atoms with Crippen molar-refractivity contribution in [1.82, 2.24) is 14.9 Å².